The maximum atomic E-state index is 12.9. The number of anilines is 2. The summed E-state index contributed by atoms with van der Waals surface area (Å²) in [7, 11) is 7.27. The van der Waals surface area contributed by atoms with Crippen molar-refractivity contribution in [3.05, 3.63) is 40.3 Å². The summed E-state index contributed by atoms with van der Waals surface area (Å²) in [5.74, 6) is 0.326. The monoisotopic (exact) mass is 513 g/mol. The summed E-state index contributed by atoms with van der Waals surface area (Å²) >= 11 is 2.82. The van der Waals surface area contributed by atoms with Gasteiger partial charge in [0.2, 0.25) is 5.91 Å². The predicted molar refractivity (Wildman–Crippen MR) is 142 cm³/mol. The normalized spacial score (nSPS) is 13.5. The molecular weight excluding hydrogens is 482 g/mol. The fourth-order valence-corrected chi connectivity index (χ4v) is 6.24. The van der Waals surface area contributed by atoms with Gasteiger partial charge in [-0.1, -0.05) is 36.7 Å². The fraction of sp³-hybridized carbons (Fsp3) is 0.440. The molecule has 3 aromatic rings. The molecule has 1 amide bonds. The number of aryl methyl sites for hydroxylation is 1. The second-order valence-corrected chi connectivity index (χ2v) is 10.8. The van der Waals surface area contributed by atoms with E-state index in [4.69, 9.17) is 4.74 Å². The number of thioether (sulfide) groups is 1. The first-order chi connectivity index (χ1) is 16.9. The summed E-state index contributed by atoms with van der Waals surface area (Å²) in [6.07, 6.45) is 6.28. The molecule has 0 bridgehead atoms. The number of hydrogen-bond acceptors (Lipinski definition) is 8. The maximum Gasteiger partial charge on any atom is 0.341 e. The molecule has 35 heavy (non-hydrogen) atoms. The van der Waals surface area contributed by atoms with Crippen molar-refractivity contribution in [1.82, 2.24) is 14.8 Å². The van der Waals surface area contributed by atoms with Gasteiger partial charge in [0, 0.05) is 37.3 Å². The molecule has 0 unspecified atom stereocenters. The highest BCUT2D eigenvalue weighted by molar-refractivity contribution is 7.99. The Morgan fingerprint density at radius 2 is 1.94 bits per heavy atom. The number of carbonyl (C=O) groups excluding carboxylic acids is 2. The van der Waals surface area contributed by atoms with Crippen molar-refractivity contribution in [2.45, 2.75) is 43.7 Å². The highest BCUT2D eigenvalue weighted by atomic mass is 32.2. The summed E-state index contributed by atoms with van der Waals surface area (Å²) in [4.78, 5) is 28.7. The van der Waals surface area contributed by atoms with E-state index in [0.29, 0.717) is 15.7 Å². The number of thiophene rings is 1. The van der Waals surface area contributed by atoms with E-state index in [-0.39, 0.29) is 17.6 Å². The molecule has 0 saturated heterocycles. The predicted octanol–water partition coefficient (Wildman–Crippen LogP) is 4.79. The van der Waals surface area contributed by atoms with E-state index < -0.39 is 0 Å². The van der Waals surface area contributed by atoms with Crippen LogP contribution in [0.5, 0.6) is 0 Å². The molecule has 0 spiro atoms. The zero-order valence-corrected chi connectivity index (χ0v) is 22.2. The number of fused-ring (bicyclic) bond motifs is 1. The van der Waals surface area contributed by atoms with Gasteiger partial charge >= 0.3 is 5.97 Å². The smallest absolute Gasteiger partial charge is 0.341 e. The largest absolute Gasteiger partial charge is 0.465 e. The Balaban J connectivity index is 1.47. The van der Waals surface area contributed by atoms with Gasteiger partial charge in [-0.05, 0) is 43.4 Å². The van der Waals surface area contributed by atoms with Crippen LogP contribution in [0.4, 0.5) is 10.7 Å². The van der Waals surface area contributed by atoms with E-state index in [1.54, 1.807) is 0 Å². The Bertz CT molecular complexity index is 1220. The summed E-state index contributed by atoms with van der Waals surface area (Å²) in [6.45, 7) is 0. The van der Waals surface area contributed by atoms with Crippen molar-refractivity contribution in [2.24, 2.45) is 7.05 Å². The minimum atomic E-state index is -0.385. The van der Waals surface area contributed by atoms with Gasteiger partial charge in [-0.2, -0.15) is 0 Å². The maximum absolute atomic E-state index is 12.9. The van der Waals surface area contributed by atoms with Gasteiger partial charge in [-0.3, -0.25) is 4.79 Å². The number of rotatable bonds is 7. The van der Waals surface area contributed by atoms with Crippen LogP contribution in [-0.4, -0.2) is 53.6 Å². The minimum absolute atomic E-state index is 0.160. The second-order valence-electron chi connectivity index (χ2n) is 8.76. The van der Waals surface area contributed by atoms with E-state index in [1.807, 2.05) is 48.8 Å². The molecule has 2 aromatic heterocycles. The van der Waals surface area contributed by atoms with Crippen LogP contribution in [0.3, 0.4) is 0 Å². The number of carbonyl (C=O) groups is 2. The summed E-state index contributed by atoms with van der Waals surface area (Å²) in [5.41, 5.74) is 3.60. The van der Waals surface area contributed by atoms with Gasteiger partial charge in [0.25, 0.3) is 0 Å². The SMILES string of the molecule is COC(=O)c1c(NC(=O)CSc2nnc(-c3cccc(N(C)C)c3)n2C)sc2c1CCCCCC2. The number of benzene rings is 1. The van der Waals surface area contributed by atoms with Crippen LogP contribution in [-0.2, 0) is 29.4 Å². The van der Waals surface area contributed by atoms with Crippen molar-refractivity contribution < 1.29 is 14.3 Å². The van der Waals surface area contributed by atoms with E-state index in [1.165, 1.54) is 41.5 Å². The summed E-state index contributed by atoms with van der Waals surface area (Å²) in [6, 6.07) is 8.08. The van der Waals surface area contributed by atoms with Gasteiger partial charge in [-0.15, -0.1) is 21.5 Å². The molecule has 10 heteroatoms. The number of nitrogens with zero attached hydrogens (tertiary/aromatic N) is 4. The van der Waals surface area contributed by atoms with Gasteiger partial charge in [0.05, 0.1) is 18.4 Å². The lowest BCUT2D eigenvalue weighted by Crippen LogP contribution is -2.16. The van der Waals surface area contributed by atoms with E-state index >= 15 is 0 Å². The molecule has 1 aliphatic carbocycles. The lowest BCUT2D eigenvalue weighted by Gasteiger charge is -2.13. The van der Waals surface area contributed by atoms with Crippen molar-refractivity contribution in [3.63, 3.8) is 0 Å². The summed E-state index contributed by atoms with van der Waals surface area (Å²) in [5, 5.41) is 12.8. The van der Waals surface area contributed by atoms with Crippen LogP contribution in [0.25, 0.3) is 11.4 Å². The van der Waals surface area contributed by atoms with Crippen LogP contribution < -0.4 is 10.2 Å². The topological polar surface area (TPSA) is 89.3 Å². The zero-order valence-electron chi connectivity index (χ0n) is 20.6. The fourth-order valence-electron chi connectivity index (χ4n) is 4.23. The standard InChI is InChI=1S/C25H31N5O3S2/c1-29(2)17-11-9-10-16(14-17)22-27-28-25(30(22)3)34-15-20(31)26-23-21(24(32)33-4)18-12-7-5-6-8-13-19(18)35-23/h9-11,14H,5-8,12-13,15H2,1-4H3,(H,26,31). The first kappa shape index (κ1) is 25.2. The Kier molecular flexibility index (Phi) is 8.12. The molecule has 1 aromatic carbocycles. The molecule has 0 fully saturated rings. The van der Waals surface area contributed by atoms with E-state index in [0.717, 1.165) is 54.7 Å². The highest BCUT2D eigenvalue weighted by Crippen LogP contribution is 2.37. The third-order valence-electron chi connectivity index (χ3n) is 6.10. The van der Waals surface area contributed by atoms with Crippen LogP contribution in [0.2, 0.25) is 0 Å². The van der Waals surface area contributed by atoms with Gasteiger partial charge in [-0.25, -0.2) is 4.79 Å². The number of methoxy groups -OCH3 is 1. The van der Waals surface area contributed by atoms with Crippen LogP contribution >= 0.6 is 23.1 Å². The van der Waals surface area contributed by atoms with E-state index in [9.17, 15) is 9.59 Å². The lowest BCUT2D eigenvalue weighted by atomic mass is 9.96. The molecule has 0 aliphatic heterocycles. The molecule has 0 atom stereocenters. The zero-order chi connectivity index (χ0) is 24.9. The number of aromatic nitrogens is 3. The van der Waals surface area contributed by atoms with E-state index in [2.05, 4.69) is 21.6 Å². The number of amides is 1. The quantitative estimate of drug-likeness (QED) is 0.359. The number of ether oxygens (including phenoxy) is 1. The number of nitrogens with one attached hydrogen (secondary N) is 1. The highest BCUT2D eigenvalue weighted by Gasteiger charge is 2.26. The van der Waals surface area contributed by atoms with Crippen LogP contribution in [0.1, 0.15) is 46.5 Å². The van der Waals surface area contributed by atoms with Crippen LogP contribution in [0, 0.1) is 0 Å². The van der Waals surface area contributed by atoms with Gasteiger partial charge in [0.15, 0.2) is 11.0 Å². The van der Waals surface area contributed by atoms with Crippen molar-refractivity contribution in [2.75, 3.05) is 37.2 Å². The molecule has 0 saturated carbocycles. The molecule has 1 N–H and O–H groups in total. The first-order valence-electron chi connectivity index (χ1n) is 11.7. The van der Waals surface area contributed by atoms with Crippen molar-refractivity contribution >= 4 is 45.7 Å². The average molecular weight is 514 g/mol. The Morgan fingerprint density at radius 1 is 1.17 bits per heavy atom. The molecule has 0 radical (unpaired) electrons. The molecule has 4 rings (SSSR count). The number of hydrogen-bond donors (Lipinski definition) is 1. The molecule has 8 nitrogen and oxygen atoms in total. The first-order valence-corrected chi connectivity index (χ1v) is 13.5. The van der Waals surface area contributed by atoms with Gasteiger partial charge in [0.1, 0.15) is 5.00 Å². The van der Waals surface area contributed by atoms with Crippen LogP contribution in [0.15, 0.2) is 29.4 Å². The third kappa shape index (κ3) is 5.70. The third-order valence-corrected chi connectivity index (χ3v) is 8.33. The van der Waals surface area contributed by atoms with Crippen molar-refractivity contribution in [1.29, 1.82) is 0 Å². The Hall–Kier alpha value is -2.85. The molecule has 1 aliphatic rings. The van der Waals surface area contributed by atoms with Gasteiger partial charge < -0.3 is 19.5 Å². The average Bonchev–Trinajstić information content (AvgIpc) is 3.36. The summed E-state index contributed by atoms with van der Waals surface area (Å²) < 4.78 is 6.95. The second kappa shape index (κ2) is 11.3. The molecular formula is C25H31N5O3S2. The Morgan fingerprint density at radius 3 is 2.69 bits per heavy atom. The number of esters is 1. The molecule has 2 heterocycles. The van der Waals surface area contributed by atoms with Crippen molar-refractivity contribution in [3.8, 4) is 11.4 Å². The Labute approximate surface area is 214 Å². The molecule has 186 valence electrons. The lowest BCUT2D eigenvalue weighted by molar-refractivity contribution is -0.113. The minimum Gasteiger partial charge on any atom is -0.465 e.